The van der Waals surface area contributed by atoms with Crippen molar-refractivity contribution >= 4 is 5.97 Å². The van der Waals surface area contributed by atoms with Crippen LogP contribution in [-0.4, -0.2) is 23.8 Å². The summed E-state index contributed by atoms with van der Waals surface area (Å²) in [6, 6.07) is 0. The first-order valence-corrected chi connectivity index (χ1v) is 3.53. The quantitative estimate of drug-likeness (QED) is 0.476. The molecule has 0 rings (SSSR count). The summed E-state index contributed by atoms with van der Waals surface area (Å²) in [6.45, 7) is 3.82. The largest absolute Gasteiger partial charge is 0.464 e. The van der Waals surface area contributed by atoms with E-state index in [2.05, 4.69) is 4.74 Å². The van der Waals surface area contributed by atoms with Gasteiger partial charge in [0.2, 0.25) is 0 Å². The molecule has 0 saturated carbocycles. The topological polar surface area (TPSA) is 81.5 Å². The van der Waals surface area contributed by atoms with Gasteiger partial charge in [-0.3, -0.25) is 0 Å². The Balaban J connectivity index is 0. The molecule has 1 unspecified atom stereocenters. The van der Waals surface area contributed by atoms with Crippen molar-refractivity contribution in [1.29, 1.82) is 0 Å². The van der Waals surface area contributed by atoms with Gasteiger partial charge in [0.1, 0.15) is 6.10 Å². The van der Waals surface area contributed by atoms with E-state index < -0.39 is 12.1 Å². The molecule has 0 amide bonds. The van der Waals surface area contributed by atoms with E-state index in [1.807, 2.05) is 6.92 Å². The number of hydrogen-bond donors (Lipinski definition) is 2. The van der Waals surface area contributed by atoms with Gasteiger partial charge in [0.05, 0.1) is 6.61 Å². The number of carbonyl (C=O) groups excluding carboxylic acids is 1. The fourth-order valence-electron chi connectivity index (χ4n) is 0.438. The Bertz CT molecular complexity index is 104. The molecule has 0 aliphatic carbocycles. The number of rotatable bonds is 4. The highest BCUT2D eigenvalue weighted by Gasteiger charge is 2.08. The van der Waals surface area contributed by atoms with Crippen LogP contribution in [0.3, 0.4) is 0 Å². The Hall–Kier alpha value is -0.610. The van der Waals surface area contributed by atoms with Gasteiger partial charge in [-0.1, -0.05) is 13.3 Å². The second kappa shape index (κ2) is 7.50. The molecule has 4 heteroatoms. The van der Waals surface area contributed by atoms with Gasteiger partial charge in [0, 0.05) is 0 Å². The third-order valence-electron chi connectivity index (χ3n) is 1.08. The molecular weight excluding hydrogens is 146 g/mol. The van der Waals surface area contributed by atoms with Gasteiger partial charge in [-0.25, -0.2) is 4.79 Å². The third kappa shape index (κ3) is 7.29. The highest BCUT2D eigenvalue weighted by molar-refractivity contribution is 5.73. The van der Waals surface area contributed by atoms with Gasteiger partial charge in [0.15, 0.2) is 0 Å². The van der Waals surface area contributed by atoms with Crippen molar-refractivity contribution < 1.29 is 14.6 Å². The SMILES string of the molecule is CCCCOC(=O)C(C)O.N. The summed E-state index contributed by atoms with van der Waals surface area (Å²) in [4.78, 5) is 10.5. The highest BCUT2D eigenvalue weighted by Crippen LogP contribution is 1.91. The lowest BCUT2D eigenvalue weighted by Gasteiger charge is -2.04. The standard InChI is InChI=1S/C7H14O3.H3N/c1-3-4-5-10-7(9)6(2)8;/h6,8H,3-5H2,1-2H3;1H3. The summed E-state index contributed by atoms with van der Waals surface area (Å²) in [5, 5.41) is 8.65. The lowest BCUT2D eigenvalue weighted by Crippen LogP contribution is -2.19. The van der Waals surface area contributed by atoms with E-state index in [1.165, 1.54) is 6.92 Å². The first kappa shape index (κ1) is 13.0. The van der Waals surface area contributed by atoms with E-state index in [0.717, 1.165) is 12.8 Å². The van der Waals surface area contributed by atoms with Crippen LogP contribution in [0.2, 0.25) is 0 Å². The Morgan fingerprint density at radius 1 is 1.64 bits per heavy atom. The van der Waals surface area contributed by atoms with Crippen molar-refractivity contribution in [2.75, 3.05) is 6.61 Å². The zero-order chi connectivity index (χ0) is 7.98. The van der Waals surface area contributed by atoms with Crippen LogP contribution in [-0.2, 0) is 9.53 Å². The van der Waals surface area contributed by atoms with E-state index in [0.29, 0.717) is 6.61 Å². The minimum Gasteiger partial charge on any atom is -0.464 e. The van der Waals surface area contributed by atoms with E-state index in [9.17, 15) is 4.79 Å². The van der Waals surface area contributed by atoms with E-state index in [-0.39, 0.29) is 6.15 Å². The zero-order valence-corrected chi connectivity index (χ0v) is 7.17. The molecule has 4 nitrogen and oxygen atoms in total. The molecule has 0 bridgehead atoms. The average molecular weight is 163 g/mol. The van der Waals surface area contributed by atoms with Crippen LogP contribution in [0.15, 0.2) is 0 Å². The fraction of sp³-hybridized carbons (Fsp3) is 0.857. The van der Waals surface area contributed by atoms with E-state index in [4.69, 9.17) is 5.11 Å². The number of aliphatic hydroxyl groups is 1. The van der Waals surface area contributed by atoms with Crippen molar-refractivity contribution in [1.82, 2.24) is 6.15 Å². The van der Waals surface area contributed by atoms with Crippen LogP contribution in [0.5, 0.6) is 0 Å². The lowest BCUT2D eigenvalue weighted by atomic mass is 10.3. The summed E-state index contributed by atoms with van der Waals surface area (Å²) >= 11 is 0. The Labute approximate surface area is 67.1 Å². The highest BCUT2D eigenvalue weighted by atomic mass is 16.5. The molecule has 0 saturated heterocycles. The van der Waals surface area contributed by atoms with Gasteiger partial charge < -0.3 is 16.0 Å². The molecule has 11 heavy (non-hydrogen) atoms. The Morgan fingerprint density at radius 2 is 2.18 bits per heavy atom. The smallest absolute Gasteiger partial charge is 0.334 e. The molecule has 0 spiro atoms. The van der Waals surface area contributed by atoms with Gasteiger partial charge in [-0.15, -0.1) is 0 Å². The first-order valence-electron chi connectivity index (χ1n) is 3.53. The minimum absolute atomic E-state index is 0. The molecule has 0 aliphatic heterocycles. The van der Waals surface area contributed by atoms with Crippen LogP contribution < -0.4 is 6.15 Å². The second-order valence-corrected chi connectivity index (χ2v) is 2.20. The van der Waals surface area contributed by atoms with Crippen molar-refractivity contribution in [3.8, 4) is 0 Å². The summed E-state index contributed by atoms with van der Waals surface area (Å²) in [5.74, 6) is -0.534. The molecule has 0 heterocycles. The van der Waals surface area contributed by atoms with Crippen molar-refractivity contribution in [3.05, 3.63) is 0 Å². The van der Waals surface area contributed by atoms with Crippen molar-refractivity contribution in [2.45, 2.75) is 32.8 Å². The predicted molar refractivity (Wildman–Crippen MR) is 42.6 cm³/mol. The summed E-state index contributed by atoms with van der Waals surface area (Å²) in [7, 11) is 0. The van der Waals surface area contributed by atoms with Gasteiger partial charge in [0.25, 0.3) is 0 Å². The summed E-state index contributed by atoms with van der Waals surface area (Å²) in [6.07, 6.45) is 0.864. The second-order valence-electron chi connectivity index (χ2n) is 2.20. The van der Waals surface area contributed by atoms with Gasteiger partial charge in [-0.05, 0) is 13.3 Å². The number of hydrogen-bond acceptors (Lipinski definition) is 4. The number of esters is 1. The molecular formula is C7H17NO3. The molecule has 0 aromatic rings. The van der Waals surface area contributed by atoms with Crippen LogP contribution in [0.1, 0.15) is 26.7 Å². The molecule has 0 aliphatic rings. The molecule has 0 aromatic heterocycles. The lowest BCUT2D eigenvalue weighted by molar-refractivity contribution is -0.152. The predicted octanol–water partition coefficient (Wildman–Crippen LogP) is 0.873. The van der Waals surface area contributed by atoms with E-state index in [1.54, 1.807) is 0 Å². The first-order chi connectivity index (χ1) is 4.68. The Morgan fingerprint density at radius 3 is 2.55 bits per heavy atom. The monoisotopic (exact) mass is 163 g/mol. The maximum atomic E-state index is 10.5. The molecule has 0 fully saturated rings. The third-order valence-corrected chi connectivity index (χ3v) is 1.08. The maximum absolute atomic E-state index is 10.5. The Kier molecular flexibility index (Phi) is 8.87. The molecule has 68 valence electrons. The van der Waals surface area contributed by atoms with Crippen LogP contribution >= 0.6 is 0 Å². The minimum atomic E-state index is -0.989. The van der Waals surface area contributed by atoms with Crippen molar-refractivity contribution in [2.24, 2.45) is 0 Å². The number of aliphatic hydroxyl groups excluding tert-OH is 1. The number of ether oxygens (including phenoxy) is 1. The van der Waals surface area contributed by atoms with Crippen LogP contribution in [0, 0.1) is 0 Å². The van der Waals surface area contributed by atoms with Gasteiger partial charge >= 0.3 is 5.97 Å². The molecule has 0 aromatic carbocycles. The summed E-state index contributed by atoms with van der Waals surface area (Å²) in [5.41, 5.74) is 0. The fourth-order valence-corrected chi connectivity index (χ4v) is 0.438. The average Bonchev–Trinajstić information content (AvgIpc) is 1.88. The number of carbonyl (C=O) groups is 1. The van der Waals surface area contributed by atoms with Crippen molar-refractivity contribution in [3.63, 3.8) is 0 Å². The summed E-state index contributed by atoms with van der Waals surface area (Å²) < 4.78 is 4.65. The molecule has 4 N–H and O–H groups in total. The van der Waals surface area contributed by atoms with Crippen LogP contribution in [0.4, 0.5) is 0 Å². The van der Waals surface area contributed by atoms with E-state index >= 15 is 0 Å². The maximum Gasteiger partial charge on any atom is 0.334 e. The molecule has 1 atom stereocenters. The number of unbranched alkanes of at least 4 members (excludes halogenated alkanes) is 1. The zero-order valence-electron chi connectivity index (χ0n) is 7.17. The van der Waals surface area contributed by atoms with Crippen LogP contribution in [0.25, 0.3) is 0 Å². The van der Waals surface area contributed by atoms with Gasteiger partial charge in [-0.2, -0.15) is 0 Å². The molecule has 0 radical (unpaired) electrons. The normalized spacial score (nSPS) is 11.5.